The second-order valence-corrected chi connectivity index (χ2v) is 9.59. The van der Waals surface area contributed by atoms with E-state index in [1.807, 2.05) is 17.9 Å². The molecule has 1 N–H and O–H groups in total. The summed E-state index contributed by atoms with van der Waals surface area (Å²) in [4.78, 5) is 22.5. The molecule has 2 aromatic carbocycles. The largest absolute Gasteiger partial charge is 0.368 e. The molecule has 0 spiro atoms. The number of aromatic nitrogens is 1. The third-order valence-corrected chi connectivity index (χ3v) is 7.25. The summed E-state index contributed by atoms with van der Waals surface area (Å²) in [7, 11) is 0. The van der Waals surface area contributed by atoms with Crippen molar-refractivity contribution in [2.45, 2.75) is 20.4 Å². The number of piperazine rings is 1. The minimum atomic E-state index is -0.0582. The molecule has 1 aromatic heterocycles. The van der Waals surface area contributed by atoms with Crippen LogP contribution in [-0.4, -0.2) is 42.1 Å². The minimum absolute atomic E-state index is 0.0582. The van der Waals surface area contributed by atoms with Crippen LogP contribution in [0.25, 0.3) is 10.4 Å². The van der Waals surface area contributed by atoms with Gasteiger partial charge in [0.05, 0.1) is 25.6 Å². The van der Waals surface area contributed by atoms with E-state index in [9.17, 15) is 4.79 Å². The quantitative estimate of drug-likeness (QED) is 0.522. The Morgan fingerprint density at radius 2 is 1.74 bits per heavy atom. The SMILES string of the molecule is Cc1nc(C)c(-c2ccc(N3CCN(C(=O)NCc4ccc(Cl)c(Cl)c4)CC3)cc2)s1. The first-order valence-corrected chi connectivity index (χ1v) is 11.7. The lowest BCUT2D eigenvalue weighted by molar-refractivity contribution is 0.194. The lowest BCUT2D eigenvalue weighted by atomic mass is 10.1. The van der Waals surface area contributed by atoms with Crippen molar-refractivity contribution in [1.82, 2.24) is 15.2 Å². The van der Waals surface area contributed by atoms with Crippen LogP contribution < -0.4 is 10.2 Å². The van der Waals surface area contributed by atoms with Crippen molar-refractivity contribution in [3.63, 3.8) is 0 Å². The normalized spacial score (nSPS) is 14.1. The highest BCUT2D eigenvalue weighted by Crippen LogP contribution is 2.31. The number of carbonyl (C=O) groups is 1. The van der Waals surface area contributed by atoms with E-state index in [-0.39, 0.29) is 6.03 Å². The monoisotopic (exact) mass is 474 g/mol. The van der Waals surface area contributed by atoms with E-state index in [2.05, 4.69) is 46.4 Å². The minimum Gasteiger partial charge on any atom is -0.368 e. The third-order valence-electron chi connectivity index (χ3n) is 5.39. The van der Waals surface area contributed by atoms with Crippen molar-refractivity contribution in [3.05, 3.63) is 68.8 Å². The standard InChI is InChI=1S/C23H24Cl2N4OS/c1-15-22(31-16(2)27-15)18-4-6-19(7-5-18)28-9-11-29(12-10-28)23(30)26-14-17-3-8-20(24)21(25)13-17/h3-8,13H,9-12,14H2,1-2H3,(H,26,30). The molecular weight excluding hydrogens is 451 g/mol. The first-order chi connectivity index (χ1) is 14.9. The molecule has 1 fully saturated rings. The van der Waals surface area contributed by atoms with Crippen LogP contribution in [0.3, 0.4) is 0 Å². The van der Waals surface area contributed by atoms with Crippen molar-refractivity contribution in [1.29, 1.82) is 0 Å². The Balaban J connectivity index is 1.30. The lowest BCUT2D eigenvalue weighted by Gasteiger charge is -2.36. The van der Waals surface area contributed by atoms with Crippen LogP contribution in [0.4, 0.5) is 10.5 Å². The topological polar surface area (TPSA) is 48.5 Å². The summed E-state index contributed by atoms with van der Waals surface area (Å²) >= 11 is 13.7. The molecule has 0 saturated carbocycles. The van der Waals surface area contributed by atoms with Gasteiger partial charge in [0, 0.05) is 38.4 Å². The van der Waals surface area contributed by atoms with E-state index in [0.29, 0.717) is 29.7 Å². The number of amides is 2. The number of carbonyl (C=O) groups excluding carboxylic acids is 1. The Kier molecular flexibility index (Phi) is 6.70. The molecule has 4 rings (SSSR count). The second kappa shape index (κ2) is 9.47. The maximum absolute atomic E-state index is 12.5. The number of urea groups is 1. The zero-order valence-corrected chi connectivity index (χ0v) is 19.8. The highest BCUT2D eigenvalue weighted by molar-refractivity contribution is 7.15. The summed E-state index contributed by atoms with van der Waals surface area (Å²) in [6.07, 6.45) is 0. The number of hydrogen-bond donors (Lipinski definition) is 1. The zero-order chi connectivity index (χ0) is 22.0. The molecule has 3 aromatic rings. The van der Waals surface area contributed by atoms with E-state index in [0.717, 1.165) is 29.4 Å². The van der Waals surface area contributed by atoms with Gasteiger partial charge in [-0.15, -0.1) is 11.3 Å². The number of thiazole rings is 1. The summed E-state index contributed by atoms with van der Waals surface area (Å²) < 4.78 is 0. The van der Waals surface area contributed by atoms with Crippen molar-refractivity contribution >= 4 is 46.3 Å². The van der Waals surface area contributed by atoms with Crippen molar-refractivity contribution in [2.24, 2.45) is 0 Å². The molecule has 31 heavy (non-hydrogen) atoms. The fraction of sp³-hybridized carbons (Fsp3) is 0.304. The van der Waals surface area contributed by atoms with Gasteiger partial charge >= 0.3 is 6.03 Å². The number of hydrogen-bond acceptors (Lipinski definition) is 4. The number of halogens is 2. The number of rotatable bonds is 4. The van der Waals surface area contributed by atoms with Crippen LogP contribution in [0.15, 0.2) is 42.5 Å². The summed E-state index contributed by atoms with van der Waals surface area (Å²) in [5, 5.41) is 5.06. The lowest BCUT2D eigenvalue weighted by Crippen LogP contribution is -2.51. The molecule has 5 nitrogen and oxygen atoms in total. The van der Waals surface area contributed by atoms with Crippen LogP contribution in [-0.2, 0) is 6.54 Å². The third kappa shape index (κ3) is 5.14. The van der Waals surface area contributed by atoms with Crippen LogP contribution in [0.2, 0.25) is 10.0 Å². The molecule has 162 valence electrons. The Morgan fingerprint density at radius 3 is 2.35 bits per heavy atom. The average molecular weight is 475 g/mol. The van der Waals surface area contributed by atoms with Crippen LogP contribution in [0.5, 0.6) is 0 Å². The number of anilines is 1. The van der Waals surface area contributed by atoms with Crippen molar-refractivity contribution in [3.8, 4) is 10.4 Å². The molecule has 0 radical (unpaired) electrons. The van der Waals surface area contributed by atoms with Crippen molar-refractivity contribution < 1.29 is 4.79 Å². The van der Waals surface area contributed by atoms with Crippen LogP contribution >= 0.6 is 34.5 Å². The molecule has 1 aliphatic heterocycles. The van der Waals surface area contributed by atoms with E-state index in [1.54, 1.807) is 23.5 Å². The Hall–Kier alpha value is -2.28. The summed E-state index contributed by atoms with van der Waals surface area (Å²) in [5.74, 6) is 0. The zero-order valence-electron chi connectivity index (χ0n) is 17.5. The highest BCUT2D eigenvalue weighted by atomic mass is 35.5. The smallest absolute Gasteiger partial charge is 0.317 e. The maximum Gasteiger partial charge on any atom is 0.317 e. The van der Waals surface area contributed by atoms with Gasteiger partial charge in [0.1, 0.15) is 0 Å². The molecule has 0 atom stereocenters. The Labute approximate surface area is 196 Å². The molecular formula is C23H24Cl2N4OS. The van der Waals surface area contributed by atoms with Gasteiger partial charge in [-0.1, -0.05) is 41.4 Å². The van der Waals surface area contributed by atoms with Gasteiger partial charge < -0.3 is 15.1 Å². The van der Waals surface area contributed by atoms with Gasteiger partial charge in [-0.2, -0.15) is 0 Å². The van der Waals surface area contributed by atoms with Crippen LogP contribution in [0.1, 0.15) is 16.3 Å². The van der Waals surface area contributed by atoms with E-state index in [1.165, 1.54) is 16.1 Å². The number of benzene rings is 2. The van der Waals surface area contributed by atoms with Crippen molar-refractivity contribution in [2.75, 3.05) is 31.1 Å². The second-order valence-electron chi connectivity index (χ2n) is 7.58. The van der Waals surface area contributed by atoms with E-state index < -0.39 is 0 Å². The fourth-order valence-electron chi connectivity index (χ4n) is 3.73. The first kappa shape index (κ1) is 21.9. The van der Waals surface area contributed by atoms with Gasteiger partial charge in [0.2, 0.25) is 0 Å². The number of aryl methyl sites for hydroxylation is 2. The van der Waals surface area contributed by atoms with Gasteiger partial charge in [-0.25, -0.2) is 9.78 Å². The van der Waals surface area contributed by atoms with E-state index >= 15 is 0 Å². The summed E-state index contributed by atoms with van der Waals surface area (Å²) in [6, 6.07) is 14.0. The Bertz CT molecular complexity index is 1080. The Morgan fingerprint density at radius 1 is 1.03 bits per heavy atom. The molecule has 0 unspecified atom stereocenters. The van der Waals surface area contributed by atoms with Gasteiger partial charge in [-0.05, 0) is 49.2 Å². The number of nitrogens with one attached hydrogen (secondary N) is 1. The summed E-state index contributed by atoms with van der Waals surface area (Å²) in [5.41, 5.74) is 4.38. The average Bonchev–Trinajstić information content (AvgIpc) is 3.12. The first-order valence-electron chi connectivity index (χ1n) is 10.2. The van der Waals surface area contributed by atoms with Gasteiger partial charge in [-0.3, -0.25) is 0 Å². The molecule has 1 aliphatic rings. The highest BCUT2D eigenvalue weighted by Gasteiger charge is 2.21. The van der Waals surface area contributed by atoms with Gasteiger partial charge in [0.25, 0.3) is 0 Å². The predicted octanol–water partition coefficient (Wildman–Crippen LogP) is 5.77. The molecule has 0 aliphatic carbocycles. The molecule has 1 saturated heterocycles. The van der Waals surface area contributed by atoms with Gasteiger partial charge in [0.15, 0.2) is 0 Å². The molecule has 0 bridgehead atoms. The van der Waals surface area contributed by atoms with E-state index in [4.69, 9.17) is 23.2 Å². The van der Waals surface area contributed by atoms with Crippen LogP contribution in [0, 0.1) is 13.8 Å². The maximum atomic E-state index is 12.5. The fourth-order valence-corrected chi connectivity index (χ4v) is 4.98. The number of nitrogens with zero attached hydrogens (tertiary/aromatic N) is 3. The molecule has 2 amide bonds. The molecule has 2 heterocycles. The predicted molar refractivity (Wildman–Crippen MR) is 130 cm³/mol. The molecule has 8 heteroatoms. The summed E-state index contributed by atoms with van der Waals surface area (Å²) in [6.45, 7) is 7.49.